The van der Waals surface area contributed by atoms with Crippen molar-refractivity contribution in [2.75, 3.05) is 16.3 Å². The van der Waals surface area contributed by atoms with Crippen LogP contribution in [0.4, 0.5) is 11.4 Å². The van der Waals surface area contributed by atoms with Crippen molar-refractivity contribution >= 4 is 27.3 Å². The van der Waals surface area contributed by atoms with Crippen molar-refractivity contribution in [3.63, 3.8) is 0 Å². The summed E-state index contributed by atoms with van der Waals surface area (Å²) in [7, 11) is -3.30. The molecule has 0 aliphatic carbocycles. The summed E-state index contributed by atoms with van der Waals surface area (Å²) in [5.41, 5.74) is 1.78. The van der Waals surface area contributed by atoms with Gasteiger partial charge in [-0.1, -0.05) is 0 Å². The molecule has 0 heterocycles. The van der Waals surface area contributed by atoms with Crippen LogP contribution in [-0.4, -0.2) is 32.2 Å². The Morgan fingerprint density at radius 2 is 1.82 bits per heavy atom. The number of nitrogens with one attached hydrogen (secondary N) is 3. The Balaban J connectivity index is 2.79. The second-order valence-electron chi connectivity index (χ2n) is 6.51. The quantitative estimate of drug-likeness (QED) is 0.773. The predicted molar refractivity (Wildman–Crippen MR) is 90.6 cm³/mol. The van der Waals surface area contributed by atoms with E-state index < -0.39 is 16.1 Å². The topological polar surface area (TPSA) is 87.3 Å². The van der Waals surface area contributed by atoms with Gasteiger partial charge in [0.1, 0.15) is 6.04 Å². The molecule has 3 N–H and O–H groups in total. The zero-order valence-electron chi connectivity index (χ0n) is 13.9. The number of benzene rings is 1. The van der Waals surface area contributed by atoms with Gasteiger partial charge < -0.3 is 10.6 Å². The van der Waals surface area contributed by atoms with Gasteiger partial charge in [-0.25, -0.2) is 8.42 Å². The number of carbonyl (C=O) groups excluding carboxylic acids is 1. The van der Waals surface area contributed by atoms with Gasteiger partial charge in [0.2, 0.25) is 15.9 Å². The molecular formula is C15H25N3O3S. The smallest absolute Gasteiger partial charge is 0.242 e. The summed E-state index contributed by atoms with van der Waals surface area (Å²) in [6, 6.07) is 4.82. The molecule has 1 rings (SSSR count). The van der Waals surface area contributed by atoms with E-state index >= 15 is 0 Å². The van der Waals surface area contributed by atoms with Crippen LogP contribution in [0.25, 0.3) is 0 Å². The highest BCUT2D eigenvalue weighted by Crippen LogP contribution is 2.21. The fourth-order valence-electron chi connectivity index (χ4n) is 1.86. The third-order valence-electron chi connectivity index (χ3n) is 2.80. The van der Waals surface area contributed by atoms with E-state index in [2.05, 4.69) is 15.4 Å². The predicted octanol–water partition coefficient (Wildman–Crippen LogP) is 2.08. The Morgan fingerprint density at radius 3 is 2.27 bits per heavy atom. The van der Waals surface area contributed by atoms with E-state index in [4.69, 9.17) is 0 Å². The third-order valence-corrected chi connectivity index (χ3v) is 3.39. The minimum atomic E-state index is -3.30. The number of anilines is 2. The number of sulfonamides is 1. The lowest BCUT2D eigenvalue weighted by Gasteiger charge is -2.24. The first-order valence-electron chi connectivity index (χ1n) is 7.04. The maximum atomic E-state index is 12.0. The zero-order valence-corrected chi connectivity index (χ0v) is 14.8. The summed E-state index contributed by atoms with van der Waals surface area (Å²) in [5.74, 6) is -0.0940. The number of amides is 1. The normalized spacial score (nSPS) is 13.4. The van der Waals surface area contributed by atoms with Crippen molar-refractivity contribution < 1.29 is 13.2 Å². The first kappa shape index (κ1) is 18.3. The minimum Gasteiger partial charge on any atom is -0.374 e. The molecule has 6 nitrogen and oxygen atoms in total. The van der Waals surface area contributed by atoms with Crippen LogP contribution in [0.15, 0.2) is 18.2 Å². The van der Waals surface area contributed by atoms with Crippen molar-refractivity contribution in [3.8, 4) is 0 Å². The van der Waals surface area contributed by atoms with Crippen LogP contribution in [-0.2, 0) is 14.8 Å². The number of hydrogen-bond acceptors (Lipinski definition) is 4. The van der Waals surface area contributed by atoms with Gasteiger partial charge in [0.05, 0.1) is 11.9 Å². The molecule has 0 aliphatic heterocycles. The maximum Gasteiger partial charge on any atom is 0.242 e. The molecule has 0 saturated heterocycles. The molecule has 0 spiro atoms. The maximum absolute atomic E-state index is 12.0. The SMILES string of the molecule is Cc1cc(N[C@H](C)C(=O)NC(C)(C)C)ccc1NS(C)(=O)=O. The third kappa shape index (κ3) is 6.34. The molecule has 0 aliphatic rings. The molecule has 1 aromatic carbocycles. The minimum absolute atomic E-state index is 0.0940. The molecule has 0 fully saturated rings. The Morgan fingerprint density at radius 1 is 1.23 bits per heavy atom. The van der Waals surface area contributed by atoms with Crippen molar-refractivity contribution in [3.05, 3.63) is 23.8 Å². The molecule has 0 bridgehead atoms. The first-order chi connectivity index (χ1) is 9.87. The van der Waals surface area contributed by atoms with Gasteiger partial charge in [-0.3, -0.25) is 9.52 Å². The summed E-state index contributed by atoms with van der Waals surface area (Å²) in [6.45, 7) is 9.35. The molecule has 1 atom stereocenters. The Kier molecular flexibility index (Phi) is 5.45. The van der Waals surface area contributed by atoms with Crippen LogP contribution in [0.1, 0.15) is 33.3 Å². The van der Waals surface area contributed by atoms with Crippen molar-refractivity contribution in [1.82, 2.24) is 5.32 Å². The van der Waals surface area contributed by atoms with Gasteiger partial charge in [-0.15, -0.1) is 0 Å². The number of aryl methyl sites for hydroxylation is 1. The number of carbonyl (C=O) groups is 1. The van der Waals surface area contributed by atoms with Crippen LogP contribution in [0.5, 0.6) is 0 Å². The molecule has 7 heteroatoms. The molecule has 124 valence electrons. The lowest BCUT2D eigenvalue weighted by atomic mass is 10.1. The van der Waals surface area contributed by atoms with E-state index in [0.29, 0.717) is 5.69 Å². The second kappa shape index (κ2) is 6.56. The van der Waals surface area contributed by atoms with E-state index in [1.165, 1.54) is 0 Å². The van der Waals surface area contributed by atoms with Gasteiger partial charge in [0.25, 0.3) is 0 Å². The monoisotopic (exact) mass is 327 g/mol. The highest BCUT2D eigenvalue weighted by Gasteiger charge is 2.19. The van der Waals surface area contributed by atoms with Crippen LogP contribution in [0.2, 0.25) is 0 Å². The highest BCUT2D eigenvalue weighted by molar-refractivity contribution is 7.92. The largest absolute Gasteiger partial charge is 0.374 e. The second-order valence-corrected chi connectivity index (χ2v) is 8.26. The van der Waals surface area contributed by atoms with Crippen LogP contribution in [0.3, 0.4) is 0 Å². The van der Waals surface area contributed by atoms with Crippen molar-refractivity contribution in [1.29, 1.82) is 0 Å². The average Bonchev–Trinajstić information content (AvgIpc) is 2.29. The van der Waals surface area contributed by atoms with E-state index in [1.807, 2.05) is 20.8 Å². The molecule has 0 aromatic heterocycles. The van der Waals surface area contributed by atoms with E-state index in [-0.39, 0.29) is 11.4 Å². The Bertz CT molecular complexity index is 648. The van der Waals surface area contributed by atoms with Gasteiger partial charge >= 0.3 is 0 Å². The van der Waals surface area contributed by atoms with Gasteiger partial charge in [-0.2, -0.15) is 0 Å². The van der Waals surface area contributed by atoms with E-state index in [9.17, 15) is 13.2 Å². The van der Waals surface area contributed by atoms with Crippen molar-refractivity contribution in [2.45, 2.75) is 46.2 Å². The highest BCUT2D eigenvalue weighted by atomic mass is 32.2. The van der Waals surface area contributed by atoms with Gasteiger partial charge in [0.15, 0.2) is 0 Å². The van der Waals surface area contributed by atoms with Crippen LogP contribution >= 0.6 is 0 Å². The first-order valence-corrected chi connectivity index (χ1v) is 8.93. The molecule has 1 amide bonds. The molecular weight excluding hydrogens is 302 g/mol. The summed E-state index contributed by atoms with van der Waals surface area (Å²) < 4.78 is 25.0. The standard InChI is InChI=1S/C15H25N3O3S/c1-10-9-12(7-8-13(10)18-22(6,20)21)16-11(2)14(19)17-15(3,4)5/h7-9,11,16,18H,1-6H3,(H,17,19)/t11-/m1/s1. The van der Waals surface area contributed by atoms with Crippen LogP contribution < -0.4 is 15.4 Å². The molecule has 0 unspecified atom stereocenters. The fourth-order valence-corrected chi connectivity index (χ4v) is 2.49. The number of hydrogen-bond donors (Lipinski definition) is 3. The lowest BCUT2D eigenvalue weighted by molar-refractivity contribution is -0.122. The summed E-state index contributed by atoms with van der Waals surface area (Å²) in [5, 5.41) is 6.01. The number of rotatable bonds is 5. The zero-order chi connectivity index (χ0) is 17.1. The van der Waals surface area contributed by atoms with Crippen molar-refractivity contribution in [2.24, 2.45) is 0 Å². The van der Waals surface area contributed by atoms with E-state index in [1.54, 1.807) is 32.0 Å². The van der Waals surface area contributed by atoms with Gasteiger partial charge in [0, 0.05) is 11.2 Å². The average molecular weight is 327 g/mol. The summed E-state index contributed by atoms with van der Waals surface area (Å²) in [6.07, 6.45) is 1.11. The summed E-state index contributed by atoms with van der Waals surface area (Å²) in [4.78, 5) is 12.0. The van der Waals surface area contributed by atoms with Gasteiger partial charge in [-0.05, 0) is 58.4 Å². The molecule has 1 aromatic rings. The Labute approximate surface area is 132 Å². The lowest BCUT2D eigenvalue weighted by Crippen LogP contribution is -2.47. The fraction of sp³-hybridized carbons (Fsp3) is 0.533. The Hall–Kier alpha value is -1.76. The van der Waals surface area contributed by atoms with Crippen LogP contribution in [0, 0.1) is 6.92 Å². The molecule has 22 heavy (non-hydrogen) atoms. The van der Waals surface area contributed by atoms with E-state index in [0.717, 1.165) is 17.5 Å². The molecule has 0 saturated carbocycles. The molecule has 0 radical (unpaired) electrons. The summed E-state index contributed by atoms with van der Waals surface area (Å²) >= 11 is 0.